The Morgan fingerprint density at radius 2 is 1.67 bits per heavy atom. The average molecular weight is 290 g/mol. The zero-order chi connectivity index (χ0) is 14.1. The SMILES string of the molecule is C1CCN(CC2CCN(Cc3nnnn3C3CC3)CC2)C1. The van der Waals surface area contributed by atoms with Gasteiger partial charge in [0.2, 0.25) is 0 Å². The Balaban J connectivity index is 1.26. The van der Waals surface area contributed by atoms with Gasteiger partial charge in [-0.15, -0.1) is 5.10 Å². The molecule has 0 amide bonds. The van der Waals surface area contributed by atoms with Crippen LogP contribution in [0.3, 0.4) is 0 Å². The van der Waals surface area contributed by atoms with E-state index in [1.165, 1.54) is 71.2 Å². The summed E-state index contributed by atoms with van der Waals surface area (Å²) < 4.78 is 2.05. The number of hydrogen-bond acceptors (Lipinski definition) is 5. The summed E-state index contributed by atoms with van der Waals surface area (Å²) in [7, 11) is 0. The average Bonchev–Trinajstić information content (AvgIpc) is 3.02. The van der Waals surface area contributed by atoms with Crippen molar-refractivity contribution in [2.24, 2.45) is 5.92 Å². The predicted molar refractivity (Wildman–Crippen MR) is 79.8 cm³/mol. The molecule has 6 nitrogen and oxygen atoms in total. The molecule has 21 heavy (non-hydrogen) atoms. The van der Waals surface area contributed by atoms with E-state index >= 15 is 0 Å². The van der Waals surface area contributed by atoms with E-state index in [0.29, 0.717) is 6.04 Å². The summed E-state index contributed by atoms with van der Waals surface area (Å²) in [6, 6.07) is 0.586. The maximum atomic E-state index is 4.23. The van der Waals surface area contributed by atoms with E-state index < -0.39 is 0 Å². The Morgan fingerprint density at radius 3 is 2.38 bits per heavy atom. The molecule has 2 aliphatic heterocycles. The Kier molecular flexibility index (Phi) is 3.90. The number of rotatable bonds is 5. The lowest BCUT2D eigenvalue weighted by atomic mass is 9.96. The summed E-state index contributed by atoms with van der Waals surface area (Å²) in [5.74, 6) is 1.97. The quantitative estimate of drug-likeness (QED) is 0.818. The van der Waals surface area contributed by atoms with Crippen molar-refractivity contribution in [3.8, 4) is 0 Å². The van der Waals surface area contributed by atoms with E-state index in [4.69, 9.17) is 0 Å². The first kappa shape index (κ1) is 13.6. The maximum absolute atomic E-state index is 4.23. The summed E-state index contributed by atoms with van der Waals surface area (Å²) in [6.45, 7) is 7.33. The molecule has 3 aliphatic rings. The van der Waals surface area contributed by atoms with Crippen LogP contribution in [0, 0.1) is 5.92 Å². The molecular weight excluding hydrogens is 264 g/mol. The minimum Gasteiger partial charge on any atom is -0.303 e. The fourth-order valence-electron chi connectivity index (χ4n) is 3.78. The Hall–Kier alpha value is -1.01. The molecule has 2 saturated heterocycles. The third kappa shape index (κ3) is 3.26. The van der Waals surface area contributed by atoms with Gasteiger partial charge in [0.1, 0.15) is 0 Å². The highest BCUT2D eigenvalue weighted by molar-refractivity contribution is 4.91. The van der Waals surface area contributed by atoms with Crippen LogP contribution >= 0.6 is 0 Å². The fourth-order valence-corrected chi connectivity index (χ4v) is 3.78. The second kappa shape index (κ2) is 6.01. The monoisotopic (exact) mass is 290 g/mol. The van der Waals surface area contributed by atoms with Gasteiger partial charge in [0.25, 0.3) is 0 Å². The van der Waals surface area contributed by atoms with Crippen molar-refractivity contribution in [1.82, 2.24) is 30.0 Å². The van der Waals surface area contributed by atoms with Crippen molar-refractivity contribution in [2.75, 3.05) is 32.7 Å². The van der Waals surface area contributed by atoms with Crippen LogP contribution in [0.5, 0.6) is 0 Å². The molecule has 3 heterocycles. The number of likely N-dealkylation sites (tertiary alicyclic amines) is 2. The van der Waals surface area contributed by atoms with Gasteiger partial charge in [-0.3, -0.25) is 4.90 Å². The molecular formula is C15H26N6. The molecule has 1 aromatic rings. The lowest BCUT2D eigenvalue weighted by molar-refractivity contribution is 0.145. The lowest BCUT2D eigenvalue weighted by Gasteiger charge is -2.33. The molecule has 0 spiro atoms. The zero-order valence-electron chi connectivity index (χ0n) is 12.8. The Labute approximate surface area is 126 Å². The molecule has 0 radical (unpaired) electrons. The molecule has 3 fully saturated rings. The number of tetrazole rings is 1. The Bertz CT molecular complexity index is 454. The third-order valence-corrected chi connectivity index (χ3v) is 5.24. The standard InChI is InChI=1S/C15H26N6/c1-2-8-19(7-1)11-13-5-9-20(10-6-13)12-15-16-17-18-21(15)14-3-4-14/h13-14H,1-12H2. The number of hydrogen-bond donors (Lipinski definition) is 0. The Morgan fingerprint density at radius 1 is 0.905 bits per heavy atom. The van der Waals surface area contributed by atoms with Crippen LogP contribution in [0.2, 0.25) is 0 Å². The maximum Gasteiger partial charge on any atom is 0.165 e. The van der Waals surface area contributed by atoms with Crippen LogP contribution in [0.25, 0.3) is 0 Å². The first-order valence-electron chi connectivity index (χ1n) is 8.60. The van der Waals surface area contributed by atoms with Crippen molar-refractivity contribution in [2.45, 2.75) is 51.1 Å². The van der Waals surface area contributed by atoms with Crippen LogP contribution in [0.1, 0.15) is 50.4 Å². The summed E-state index contributed by atoms with van der Waals surface area (Å²) in [6.07, 6.45) is 7.97. The minimum atomic E-state index is 0.586. The fraction of sp³-hybridized carbons (Fsp3) is 0.933. The van der Waals surface area contributed by atoms with Crippen LogP contribution in [-0.2, 0) is 6.54 Å². The first-order valence-corrected chi connectivity index (χ1v) is 8.60. The largest absolute Gasteiger partial charge is 0.303 e. The van der Waals surface area contributed by atoms with Crippen molar-refractivity contribution in [3.63, 3.8) is 0 Å². The van der Waals surface area contributed by atoms with E-state index in [0.717, 1.165) is 18.3 Å². The zero-order valence-corrected chi connectivity index (χ0v) is 12.8. The van der Waals surface area contributed by atoms with Gasteiger partial charge in [-0.25, -0.2) is 4.68 Å². The van der Waals surface area contributed by atoms with Gasteiger partial charge in [0.15, 0.2) is 5.82 Å². The van der Waals surface area contributed by atoms with Gasteiger partial charge >= 0.3 is 0 Å². The van der Waals surface area contributed by atoms with Gasteiger partial charge < -0.3 is 4.90 Å². The van der Waals surface area contributed by atoms with E-state index in [1.807, 2.05) is 0 Å². The first-order chi connectivity index (χ1) is 10.4. The molecule has 0 aromatic carbocycles. The molecule has 0 N–H and O–H groups in total. The molecule has 1 aliphatic carbocycles. The molecule has 6 heteroatoms. The van der Waals surface area contributed by atoms with Gasteiger partial charge in [0, 0.05) is 6.54 Å². The van der Waals surface area contributed by atoms with Crippen molar-refractivity contribution >= 4 is 0 Å². The molecule has 0 atom stereocenters. The summed E-state index contributed by atoms with van der Waals surface area (Å²) in [5, 5.41) is 12.2. The number of piperidine rings is 1. The highest BCUT2D eigenvalue weighted by Crippen LogP contribution is 2.34. The highest BCUT2D eigenvalue weighted by atomic mass is 15.6. The van der Waals surface area contributed by atoms with Crippen molar-refractivity contribution in [1.29, 1.82) is 0 Å². The number of aromatic nitrogens is 4. The molecule has 116 valence electrons. The van der Waals surface area contributed by atoms with Crippen LogP contribution in [0.4, 0.5) is 0 Å². The van der Waals surface area contributed by atoms with Crippen LogP contribution in [-0.4, -0.2) is 62.7 Å². The summed E-state index contributed by atoms with van der Waals surface area (Å²) in [4.78, 5) is 5.19. The second-order valence-corrected chi connectivity index (χ2v) is 7.00. The topological polar surface area (TPSA) is 50.1 Å². The third-order valence-electron chi connectivity index (χ3n) is 5.24. The molecule has 1 aromatic heterocycles. The molecule has 1 saturated carbocycles. The van der Waals surface area contributed by atoms with Gasteiger partial charge in [-0.2, -0.15) is 0 Å². The second-order valence-electron chi connectivity index (χ2n) is 7.00. The summed E-state index contributed by atoms with van der Waals surface area (Å²) >= 11 is 0. The van der Waals surface area contributed by atoms with Gasteiger partial charge in [-0.05, 0) is 81.0 Å². The summed E-state index contributed by atoms with van der Waals surface area (Å²) in [5.41, 5.74) is 0. The minimum absolute atomic E-state index is 0.586. The molecule has 4 rings (SSSR count). The molecule has 0 unspecified atom stereocenters. The van der Waals surface area contributed by atoms with E-state index in [9.17, 15) is 0 Å². The number of nitrogens with zero attached hydrogens (tertiary/aromatic N) is 6. The normalized spacial score (nSPS) is 25.7. The highest BCUT2D eigenvalue weighted by Gasteiger charge is 2.29. The lowest BCUT2D eigenvalue weighted by Crippen LogP contribution is -2.38. The molecule has 0 bridgehead atoms. The van der Waals surface area contributed by atoms with Crippen LogP contribution in [0.15, 0.2) is 0 Å². The van der Waals surface area contributed by atoms with Crippen molar-refractivity contribution < 1.29 is 0 Å². The predicted octanol–water partition coefficient (Wildman–Crippen LogP) is 1.32. The smallest absolute Gasteiger partial charge is 0.165 e. The van der Waals surface area contributed by atoms with E-state index in [1.54, 1.807) is 0 Å². The van der Waals surface area contributed by atoms with Gasteiger partial charge in [0.05, 0.1) is 12.6 Å². The van der Waals surface area contributed by atoms with Gasteiger partial charge in [-0.1, -0.05) is 0 Å². The van der Waals surface area contributed by atoms with Crippen LogP contribution < -0.4 is 0 Å². The van der Waals surface area contributed by atoms with Crippen molar-refractivity contribution in [3.05, 3.63) is 5.82 Å². The van der Waals surface area contributed by atoms with E-state index in [2.05, 4.69) is 30.0 Å². The van der Waals surface area contributed by atoms with E-state index in [-0.39, 0.29) is 0 Å².